The van der Waals surface area contributed by atoms with E-state index in [1.54, 1.807) is 7.05 Å². The van der Waals surface area contributed by atoms with Gasteiger partial charge in [0.2, 0.25) is 10.0 Å². The monoisotopic (exact) mass is 324 g/mol. The van der Waals surface area contributed by atoms with Crippen LogP contribution in [0.25, 0.3) is 0 Å². The molecule has 114 valence electrons. The highest BCUT2D eigenvalue weighted by atomic mass is 32.2. The maximum Gasteiger partial charge on any atom is 0.245 e. The van der Waals surface area contributed by atoms with Crippen molar-refractivity contribution in [1.82, 2.24) is 9.62 Å². The highest BCUT2D eigenvalue weighted by molar-refractivity contribution is 7.98. The van der Waals surface area contributed by atoms with E-state index in [0.717, 1.165) is 10.4 Å². The molecule has 0 spiro atoms. The lowest BCUT2D eigenvalue weighted by molar-refractivity contribution is 0.458. The lowest BCUT2D eigenvalue weighted by atomic mass is 10.2. The van der Waals surface area contributed by atoms with Crippen molar-refractivity contribution in [2.24, 2.45) is 0 Å². The van der Waals surface area contributed by atoms with Crippen LogP contribution in [0.15, 0.2) is 17.0 Å². The number of halogens is 2. The predicted molar refractivity (Wildman–Crippen MR) is 77.3 cm³/mol. The first kappa shape index (κ1) is 17.4. The maximum atomic E-state index is 13.8. The molecule has 0 aromatic heterocycles. The van der Waals surface area contributed by atoms with E-state index in [0.29, 0.717) is 11.3 Å². The van der Waals surface area contributed by atoms with Gasteiger partial charge in [-0.1, -0.05) is 0 Å². The molecule has 0 amide bonds. The molecule has 8 heteroatoms. The second kappa shape index (κ2) is 7.35. The van der Waals surface area contributed by atoms with Crippen LogP contribution < -0.4 is 5.32 Å². The van der Waals surface area contributed by atoms with Gasteiger partial charge in [-0.25, -0.2) is 21.5 Å². The average molecular weight is 324 g/mol. The predicted octanol–water partition coefficient (Wildman–Crippen LogP) is 1.67. The first-order valence-electron chi connectivity index (χ1n) is 5.92. The Labute approximate surface area is 122 Å². The zero-order valence-corrected chi connectivity index (χ0v) is 13.2. The second-order valence-corrected chi connectivity index (χ2v) is 7.24. The SMILES string of the molecule is CNCc1cc(F)c(F)c(S(=O)(=O)N(C)CCSC)c1. The normalized spacial score (nSPS) is 12.1. The topological polar surface area (TPSA) is 49.4 Å². The van der Waals surface area contributed by atoms with Gasteiger partial charge >= 0.3 is 0 Å². The molecule has 4 nitrogen and oxygen atoms in total. The number of sulfonamides is 1. The molecule has 0 aliphatic heterocycles. The van der Waals surface area contributed by atoms with Gasteiger partial charge in [-0.05, 0) is 31.0 Å². The van der Waals surface area contributed by atoms with Crippen molar-refractivity contribution in [3.63, 3.8) is 0 Å². The van der Waals surface area contributed by atoms with Crippen LogP contribution in [0.4, 0.5) is 8.78 Å². The van der Waals surface area contributed by atoms with E-state index >= 15 is 0 Å². The summed E-state index contributed by atoms with van der Waals surface area (Å²) in [5.74, 6) is -1.91. The molecule has 0 heterocycles. The molecule has 0 saturated heterocycles. The smallest absolute Gasteiger partial charge is 0.245 e. The average Bonchev–Trinajstić information content (AvgIpc) is 2.39. The molecule has 1 rings (SSSR count). The van der Waals surface area contributed by atoms with Gasteiger partial charge in [-0.15, -0.1) is 0 Å². The summed E-state index contributed by atoms with van der Waals surface area (Å²) in [6, 6.07) is 2.16. The van der Waals surface area contributed by atoms with Crippen molar-refractivity contribution in [3.8, 4) is 0 Å². The van der Waals surface area contributed by atoms with Crippen molar-refractivity contribution in [1.29, 1.82) is 0 Å². The highest BCUT2D eigenvalue weighted by Crippen LogP contribution is 2.22. The third kappa shape index (κ3) is 3.91. The minimum Gasteiger partial charge on any atom is -0.316 e. The van der Waals surface area contributed by atoms with Crippen LogP contribution in [0.2, 0.25) is 0 Å². The summed E-state index contributed by atoms with van der Waals surface area (Å²) < 4.78 is 52.9. The molecule has 0 unspecified atom stereocenters. The minimum absolute atomic E-state index is 0.237. The standard InChI is InChI=1S/C12H18F2N2O2S2/c1-15-8-9-6-10(13)12(14)11(7-9)20(17,18)16(2)4-5-19-3/h6-7,15H,4-5,8H2,1-3H3. The molecule has 1 aromatic rings. The Morgan fingerprint density at radius 2 is 2.00 bits per heavy atom. The van der Waals surface area contributed by atoms with Crippen LogP contribution in [-0.4, -0.2) is 45.4 Å². The first-order chi connectivity index (χ1) is 9.34. The van der Waals surface area contributed by atoms with Gasteiger partial charge in [0.05, 0.1) is 0 Å². The number of thioether (sulfide) groups is 1. The lowest BCUT2D eigenvalue weighted by Crippen LogP contribution is -2.30. The summed E-state index contributed by atoms with van der Waals surface area (Å²) in [7, 11) is -1.03. The Kier molecular flexibility index (Phi) is 6.38. The number of nitrogens with zero attached hydrogens (tertiary/aromatic N) is 1. The summed E-state index contributed by atoms with van der Waals surface area (Å²) in [4.78, 5) is -0.619. The molecule has 0 radical (unpaired) electrons. The fourth-order valence-corrected chi connectivity index (χ4v) is 3.48. The third-order valence-corrected chi connectivity index (χ3v) is 5.18. The molecule has 0 aliphatic carbocycles. The highest BCUT2D eigenvalue weighted by Gasteiger charge is 2.26. The van der Waals surface area contributed by atoms with Crippen LogP contribution in [-0.2, 0) is 16.6 Å². The maximum absolute atomic E-state index is 13.8. The summed E-state index contributed by atoms with van der Waals surface area (Å²) >= 11 is 1.48. The van der Waals surface area contributed by atoms with Crippen molar-refractivity contribution in [2.45, 2.75) is 11.4 Å². The summed E-state index contributed by atoms with van der Waals surface area (Å²) in [6.07, 6.45) is 1.84. The Hall–Kier alpha value is -0.700. The molecule has 0 aliphatic rings. The van der Waals surface area contributed by atoms with Crippen molar-refractivity contribution < 1.29 is 17.2 Å². The molecule has 20 heavy (non-hydrogen) atoms. The van der Waals surface area contributed by atoms with E-state index in [-0.39, 0.29) is 13.1 Å². The van der Waals surface area contributed by atoms with Gasteiger partial charge in [-0.2, -0.15) is 11.8 Å². The van der Waals surface area contributed by atoms with Crippen LogP contribution >= 0.6 is 11.8 Å². The van der Waals surface area contributed by atoms with Crippen LogP contribution in [0.3, 0.4) is 0 Å². The molecule has 0 fully saturated rings. The zero-order valence-electron chi connectivity index (χ0n) is 11.6. The Morgan fingerprint density at radius 1 is 1.35 bits per heavy atom. The van der Waals surface area contributed by atoms with E-state index in [2.05, 4.69) is 5.32 Å². The lowest BCUT2D eigenvalue weighted by Gasteiger charge is -2.18. The third-order valence-electron chi connectivity index (χ3n) is 2.73. The molecule has 0 atom stereocenters. The molecule has 0 bridgehead atoms. The largest absolute Gasteiger partial charge is 0.316 e. The van der Waals surface area contributed by atoms with Crippen molar-refractivity contribution in [2.75, 3.05) is 32.6 Å². The first-order valence-corrected chi connectivity index (χ1v) is 8.75. The van der Waals surface area contributed by atoms with E-state index in [4.69, 9.17) is 0 Å². The number of rotatable bonds is 7. The Balaban J connectivity index is 3.22. The number of benzene rings is 1. The number of hydrogen-bond donors (Lipinski definition) is 1. The molecular weight excluding hydrogens is 306 g/mol. The molecular formula is C12H18F2N2O2S2. The van der Waals surface area contributed by atoms with Crippen LogP contribution in [0.5, 0.6) is 0 Å². The van der Waals surface area contributed by atoms with Crippen LogP contribution in [0.1, 0.15) is 5.56 Å². The number of hydrogen-bond acceptors (Lipinski definition) is 4. The summed E-state index contributed by atoms with van der Waals surface area (Å²) in [5.41, 5.74) is 0.378. The van der Waals surface area contributed by atoms with Gasteiger partial charge < -0.3 is 5.32 Å². The fourth-order valence-electron chi connectivity index (χ4n) is 1.62. The molecule has 1 aromatic carbocycles. The van der Waals surface area contributed by atoms with Gasteiger partial charge in [-0.3, -0.25) is 0 Å². The summed E-state index contributed by atoms with van der Waals surface area (Å²) in [5, 5.41) is 2.77. The van der Waals surface area contributed by atoms with Gasteiger partial charge in [0.1, 0.15) is 4.90 Å². The van der Waals surface area contributed by atoms with Gasteiger partial charge in [0.15, 0.2) is 11.6 Å². The van der Waals surface area contributed by atoms with Crippen molar-refractivity contribution in [3.05, 3.63) is 29.3 Å². The van der Waals surface area contributed by atoms with Gasteiger partial charge in [0, 0.05) is 25.9 Å². The second-order valence-electron chi connectivity index (χ2n) is 4.24. The van der Waals surface area contributed by atoms with E-state index in [1.165, 1.54) is 24.9 Å². The van der Waals surface area contributed by atoms with E-state index in [1.807, 2.05) is 6.26 Å². The van der Waals surface area contributed by atoms with Crippen LogP contribution in [0, 0.1) is 11.6 Å². The fraction of sp³-hybridized carbons (Fsp3) is 0.500. The number of nitrogens with one attached hydrogen (secondary N) is 1. The molecule has 1 N–H and O–H groups in total. The van der Waals surface area contributed by atoms with E-state index in [9.17, 15) is 17.2 Å². The van der Waals surface area contributed by atoms with Gasteiger partial charge in [0.25, 0.3) is 0 Å². The quantitative estimate of drug-likeness (QED) is 0.829. The zero-order chi connectivity index (χ0) is 15.3. The molecule has 0 saturated carbocycles. The van der Waals surface area contributed by atoms with E-state index < -0.39 is 26.6 Å². The van der Waals surface area contributed by atoms with Crippen molar-refractivity contribution >= 4 is 21.8 Å². The Bertz CT molecular complexity index is 565. The Morgan fingerprint density at radius 3 is 2.55 bits per heavy atom. The minimum atomic E-state index is -4.03. The summed E-state index contributed by atoms with van der Waals surface area (Å²) in [6.45, 7) is 0.495.